The molecule has 0 radical (unpaired) electrons. The van der Waals surface area contributed by atoms with Crippen LogP contribution >= 0.6 is 22.9 Å². The normalized spacial score (nSPS) is 14.1. The van der Waals surface area contributed by atoms with E-state index in [1.165, 1.54) is 6.20 Å². The standard InChI is InChI=1S/C8H11ClF3N3S/c9-3-1-2-5(15-13)6-4-14-7(16-6)8(10,11)12/h4-5,15H,1-3,13H2. The summed E-state index contributed by atoms with van der Waals surface area (Å²) in [7, 11) is 0. The second-order valence-electron chi connectivity index (χ2n) is 3.12. The van der Waals surface area contributed by atoms with Crippen molar-refractivity contribution in [1.82, 2.24) is 10.4 Å². The monoisotopic (exact) mass is 273 g/mol. The SMILES string of the molecule is NNC(CCCCl)c1cnc(C(F)(F)F)s1. The van der Waals surface area contributed by atoms with Crippen LogP contribution in [0.4, 0.5) is 13.2 Å². The zero-order valence-electron chi connectivity index (χ0n) is 8.22. The van der Waals surface area contributed by atoms with E-state index in [-0.39, 0.29) is 6.04 Å². The molecule has 1 rings (SSSR count). The number of nitrogens with two attached hydrogens (primary N) is 1. The van der Waals surface area contributed by atoms with Crippen LogP contribution in [0.5, 0.6) is 0 Å². The lowest BCUT2D eigenvalue weighted by atomic mass is 10.1. The summed E-state index contributed by atoms with van der Waals surface area (Å²) in [5.41, 5.74) is 2.46. The van der Waals surface area contributed by atoms with Crippen LogP contribution in [-0.4, -0.2) is 10.9 Å². The minimum atomic E-state index is -4.39. The smallest absolute Gasteiger partial charge is 0.271 e. The van der Waals surface area contributed by atoms with Crippen LogP contribution < -0.4 is 11.3 Å². The molecule has 92 valence electrons. The molecule has 3 nitrogen and oxygen atoms in total. The fourth-order valence-electron chi connectivity index (χ4n) is 1.17. The molecule has 0 saturated heterocycles. The molecule has 1 aromatic heterocycles. The quantitative estimate of drug-likeness (QED) is 0.493. The fraction of sp³-hybridized carbons (Fsp3) is 0.625. The number of nitrogens with zero attached hydrogens (tertiary/aromatic N) is 1. The number of alkyl halides is 4. The average Bonchev–Trinajstić information content (AvgIpc) is 2.68. The van der Waals surface area contributed by atoms with E-state index in [1.54, 1.807) is 0 Å². The Bertz CT molecular complexity index is 329. The Morgan fingerprint density at radius 3 is 2.69 bits per heavy atom. The molecule has 0 aliphatic rings. The van der Waals surface area contributed by atoms with Gasteiger partial charge in [0.15, 0.2) is 5.01 Å². The van der Waals surface area contributed by atoms with Gasteiger partial charge in [-0.15, -0.1) is 22.9 Å². The first kappa shape index (κ1) is 13.7. The summed E-state index contributed by atoms with van der Waals surface area (Å²) in [6.07, 6.45) is -1.93. The van der Waals surface area contributed by atoms with Crippen molar-refractivity contribution in [2.24, 2.45) is 5.84 Å². The molecule has 0 saturated carbocycles. The third-order valence-corrected chi connectivity index (χ3v) is 3.36. The largest absolute Gasteiger partial charge is 0.443 e. The number of hydrazine groups is 1. The minimum Gasteiger partial charge on any atom is -0.271 e. The van der Waals surface area contributed by atoms with Crippen molar-refractivity contribution in [3.63, 3.8) is 0 Å². The summed E-state index contributed by atoms with van der Waals surface area (Å²) in [5, 5.41) is -0.853. The molecule has 0 amide bonds. The van der Waals surface area contributed by atoms with Gasteiger partial charge < -0.3 is 0 Å². The highest BCUT2D eigenvalue weighted by molar-refractivity contribution is 7.11. The summed E-state index contributed by atoms with van der Waals surface area (Å²) in [6.45, 7) is 0. The molecule has 1 heterocycles. The van der Waals surface area contributed by atoms with Crippen molar-refractivity contribution in [2.75, 3.05) is 5.88 Å². The molecule has 1 atom stereocenters. The van der Waals surface area contributed by atoms with Crippen molar-refractivity contribution in [2.45, 2.75) is 25.1 Å². The third-order valence-electron chi connectivity index (χ3n) is 1.94. The number of aromatic nitrogens is 1. The minimum absolute atomic E-state index is 0.327. The second-order valence-corrected chi connectivity index (χ2v) is 4.56. The Hall–Kier alpha value is -0.370. The van der Waals surface area contributed by atoms with E-state index in [0.717, 1.165) is 0 Å². The molecule has 0 aliphatic carbocycles. The van der Waals surface area contributed by atoms with Gasteiger partial charge in [-0.1, -0.05) is 0 Å². The van der Waals surface area contributed by atoms with E-state index in [0.29, 0.717) is 34.9 Å². The van der Waals surface area contributed by atoms with Crippen molar-refractivity contribution in [3.05, 3.63) is 16.1 Å². The Kier molecular flexibility index (Phi) is 4.97. The van der Waals surface area contributed by atoms with Crippen LogP contribution in [0.15, 0.2) is 6.20 Å². The van der Waals surface area contributed by atoms with Gasteiger partial charge in [0.1, 0.15) is 0 Å². The molecule has 1 unspecified atom stereocenters. The summed E-state index contributed by atoms with van der Waals surface area (Å²) in [5.74, 6) is 5.72. The van der Waals surface area contributed by atoms with E-state index in [2.05, 4.69) is 10.4 Å². The summed E-state index contributed by atoms with van der Waals surface area (Å²) in [6, 6.07) is -0.327. The Balaban J connectivity index is 2.75. The van der Waals surface area contributed by atoms with Gasteiger partial charge in [0, 0.05) is 17.0 Å². The van der Waals surface area contributed by atoms with E-state index in [9.17, 15) is 13.2 Å². The lowest BCUT2D eigenvalue weighted by Crippen LogP contribution is -2.27. The molecule has 0 bridgehead atoms. The number of hydrogen-bond donors (Lipinski definition) is 2. The maximum atomic E-state index is 12.3. The van der Waals surface area contributed by atoms with Gasteiger partial charge in [0.05, 0.1) is 6.04 Å². The van der Waals surface area contributed by atoms with Crippen LogP contribution in [0.2, 0.25) is 0 Å². The first-order chi connectivity index (χ1) is 7.49. The van der Waals surface area contributed by atoms with E-state index in [1.807, 2.05) is 0 Å². The third kappa shape index (κ3) is 3.58. The predicted molar refractivity (Wildman–Crippen MR) is 57.1 cm³/mol. The van der Waals surface area contributed by atoms with Gasteiger partial charge in [-0.05, 0) is 12.8 Å². The lowest BCUT2D eigenvalue weighted by Gasteiger charge is -2.12. The Morgan fingerprint density at radius 1 is 1.56 bits per heavy atom. The van der Waals surface area contributed by atoms with Gasteiger partial charge in [-0.25, -0.2) is 4.98 Å². The summed E-state index contributed by atoms with van der Waals surface area (Å²) < 4.78 is 36.9. The van der Waals surface area contributed by atoms with Gasteiger partial charge in [0.2, 0.25) is 0 Å². The molecule has 8 heteroatoms. The molecule has 16 heavy (non-hydrogen) atoms. The fourth-order valence-corrected chi connectivity index (χ4v) is 2.20. The van der Waals surface area contributed by atoms with E-state index in [4.69, 9.17) is 17.4 Å². The van der Waals surface area contributed by atoms with Crippen molar-refractivity contribution in [3.8, 4) is 0 Å². The van der Waals surface area contributed by atoms with Gasteiger partial charge in [-0.2, -0.15) is 13.2 Å². The molecular weight excluding hydrogens is 263 g/mol. The molecular formula is C8H11ClF3N3S. The predicted octanol–water partition coefficient (Wildman–Crippen LogP) is 2.69. The van der Waals surface area contributed by atoms with Crippen LogP contribution in [0.25, 0.3) is 0 Å². The van der Waals surface area contributed by atoms with Crippen LogP contribution in [0.1, 0.15) is 28.8 Å². The number of nitrogens with one attached hydrogen (secondary N) is 1. The zero-order chi connectivity index (χ0) is 12.2. The zero-order valence-corrected chi connectivity index (χ0v) is 9.79. The van der Waals surface area contributed by atoms with Gasteiger partial charge >= 0.3 is 6.18 Å². The van der Waals surface area contributed by atoms with Crippen molar-refractivity contribution < 1.29 is 13.2 Å². The Labute approximate surface area is 99.8 Å². The average molecular weight is 274 g/mol. The maximum Gasteiger partial charge on any atom is 0.443 e. The highest BCUT2D eigenvalue weighted by Gasteiger charge is 2.35. The van der Waals surface area contributed by atoms with Gasteiger partial charge in [-0.3, -0.25) is 11.3 Å². The Morgan fingerprint density at radius 2 is 2.25 bits per heavy atom. The van der Waals surface area contributed by atoms with E-state index >= 15 is 0 Å². The molecule has 3 N–H and O–H groups in total. The number of hydrogen-bond acceptors (Lipinski definition) is 4. The first-order valence-corrected chi connectivity index (χ1v) is 5.89. The summed E-state index contributed by atoms with van der Waals surface area (Å²) >= 11 is 6.11. The number of halogens is 4. The number of rotatable bonds is 5. The molecule has 0 spiro atoms. The van der Waals surface area contributed by atoms with Crippen LogP contribution in [0, 0.1) is 0 Å². The maximum absolute atomic E-state index is 12.3. The highest BCUT2D eigenvalue weighted by atomic mass is 35.5. The van der Waals surface area contributed by atoms with Crippen LogP contribution in [0.3, 0.4) is 0 Å². The molecule has 1 aromatic rings. The molecule has 0 aromatic carbocycles. The van der Waals surface area contributed by atoms with E-state index < -0.39 is 11.2 Å². The van der Waals surface area contributed by atoms with Gasteiger partial charge in [0.25, 0.3) is 0 Å². The van der Waals surface area contributed by atoms with Crippen LogP contribution in [-0.2, 0) is 6.18 Å². The van der Waals surface area contributed by atoms with Crippen molar-refractivity contribution in [1.29, 1.82) is 0 Å². The summed E-state index contributed by atoms with van der Waals surface area (Å²) in [4.78, 5) is 3.80. The lowest BCUT2D eigenvalue weighted by molar-refractivity contribution is -0.137. The second kappa shape index (κ2) is 5.81. The molecule has 0 fully saturated rings. The number of thiazole rings is 1. The highest BCUT2D eigenvalue weighted by Crippen LogP contribution is 2.35. The van der Waals surface area contributed by atoms with Crippen molar-refractivity contribution >= 4 is 22.9 Å². The first-order valence-electron chi connectivity index (χ1n) is 4.54. The topological polar surface area (TPSA) is 50.9 Å². The molecule has 0 aliphatic heterocycles.